The van der Waals surface area contributed by atoms with Crippen LogP contribution in [0.25, 0.3) is 0 Å². The smallest absolute Gasteiger partial charge is 0.200 e. The number of aliphatic hydroxyl groups is 1. The maximum atomic E-state index is 9.63. The summed E-state index contributed by atoms with van der Waals surface area (Å²) in [4.78, 5) is 0. The van der Waals surface area contributed by atoms with Gasteiger partial charge in [-0.25, -0.2) is 0 Å². The normalized spacial score (nSPS) is 12.3. The summed E-state index contributed by atoms with van der Waals surface area (Å²) in [6.45, 7) is 1.70. The van der Waals surface area contributed by atoms with Gasteiger partial charge in [-0.2, -0.15) is 0 Å². The number of aliphatic hydroxyl groups excluding tert-OH is 1. The molecule has 1 atom stereocenters. The first kappa shape index (κ1) is 11.7. The van der Waals surface area contributed by atoms with Crippen LogP contribution >= 0.6 is 0 Å². The van der Waals surface area contributed by atoms with Crippen LogP contribution in [0.15, 0.2) is 12.1 Å². The third-order valence-corrected chi connectivity index (χ3v) is 2.07. The summed E-state index contributed by atoms with van der Waals surface area (Å²) in [6.07, 6.45) is 0.0523. The SMILES string of the molecule is COc1cc(C[C@@H](C)O)cc(OC)c1O. The van der Waals surface area contributed by atoms with Gasteiger partial charge >= 0.3 is 0 Å². The van der Waals surface area contributed by atoms with Gasteiger partial charge in [0.2, 0.25) is 5.75 Å². The molecule has 0 heterocycles. The fourth-order valence-electron chi connectivity index (χ4n) is 1.41. The van der Waals surface area contributed by atoms with Gasteiger partial charge in [0.1, 0.15) is 0 Å². The van der Waals surface area contributed by atoms with E-state index in [-0.39, 0.29) is 5.75 Å². The molecular weight excluding hydrogens is 196 g/mol. The van der Waals surface area contributed by atoms with E-state index in [2.05, 4.69) is 0 Å². The summed E-state index contributed by atoms with van der Waals surface area (Å²) in [6, 6.07) is 3.37. The highest BCUT2D eigenvalue weighted by molar-refractivity contribution is 5.52. The Hall–Kier alpha value is -1.42. The van der Waals surface area contributed by atoms with Crippen molar-refractivity contribution >= 4 is 0 Å². The fraction of sp³-hybridized carbons (Fsp3) is 0.455. The molecule has 0 unspecified atom stereocenters. The zero-order valence-electron chi connectivity index (χ0n) is 9.15. The van der Waals surface area contributed by atoms with Crippen LogP contribution in [0.2, 0.25) is 0 Å². The van der Waals surface area contributed by atoms with Crippen LogP contribution < -0.4 is 9.47 Å². The number of benzene rings is 1. The van der Waals surface area contributed by atoms with Gasteiger partial charge in [0.15, 0.2) is 11.5 Å². The van der Waals surface area contributed by atoms with Gasteiger partial charge in [0.05, 0.1) is 20.3 Å². The van der Waals surface area contributed by atoms with Crippen LogP contribution in [0.5, 0.6) is 17.2 Å². The molecule has 1 aromatic carbocycles. The average molecular weight is 212 g/mol. The summed E-state index contributed by atoms with van der Waals surface area (Å²) in [5, 5.41) is 18.9. The predicted molar refractivity (Wildman–Crippen MR) is 56.6 cm³/mol. The van der Waals surface area contributed by atoms with Crippen molar-refractivity contribution in [2.75, 3.05) is 14.2 Å². The van der Waals surface area contributed by atoms with Crippen molar-refractivity contribution in [1.29, 1.82) is 0 Å². The molecule has 1 aromatic rings. The van der Waals surface area contributed by atoms with E-state index in [1.54, 1.807) is 19.1 Å². The summed E-state index contributed by atoms with van der Waals surface area (Å²) in [5.41, 5.74) is 0.858. The topological polar surface area (TPSA) is 58.9 Å². The average Bonchev–Trinajstić information content (AvgIpc) is 2.19. The summed E-state index contributed by atoms with van der Waals surface area (Å²) < 4.78 is 10.00. The number of aromatic hydroxyl groups is 1. The van der Waals surface area contributed by atoms with Crippen LogP contribution in [0.3, 0.4) is 0 Å². The van der Waals surface area contributed by atoms with Gasteiger partial charge in [-0.05, 0) is 31.0 Å². The van der Waals surface area contributed by atoms with Crippen LogP contribution in [0, 0.1) is 0 Å². The Balaban J connectivity index is 3.09. The fourth-order valence-corrected chi connectivity index (χ4v) is 1.41. The van der Waals surface area contributed by atoms with E-state index in [1.807, 2.05) is 0 Å². The summed E-state index contributed by atoms with van der Waals surface area (Å²) in [7, 11) is 2.95. The third kappa shape index (κ3) is 2.76. The summed E-state index contributed by atoms with van der Waals surface area (Å²) in [5.74, 6) is 0.685. The van der Waals surface area contributed by atoms with E-state index in [9.17, 15) is 10.2 Å². The van der Waals surface area contributed by atoms with E-state index in [0.717, 1.165) is 5.56 Å². The Kier molecular flexibility index (Phi) is 3.80. The number of rotatable bonds is 4. The molecule has 0 bridgehead atoms. The van der Waals surface area contributed by atoms with E-state index >= 15 is 0 Å². The lowest BCUT2D eigenvalue weighted by Crippen LogP contribution is -2.04. The lowest BCUT2D eigenvalue weighted by atomic mass is 10.1. The van der Waals surface area contributed by atoms with Crippen molar-refractivity contribution < 1.29 is 19.7 Å². The van der Waals surface area contributed by atoms with Crippen molar-refractivity contribution in [3.8, 4) is 17.2 Å². The standard InChI is InChI=1S/C11H16O4/c1-7(12)4-8-5-9(14-2)11(13)10(6-8)15-3/h5-7,12-13H,4H2,1-3H3/t7-/m1/s1. The van der Waals surface area contributed by atoms with Crippen molar-refractivity contribution in [3.63, 3.8) is 0 Å². The molecule has 4 heteroatoms. The Labute approximate surface area is 89.1 Å². The first-order valence-electron chi connectivity index (χ1n) is 4.70. The Morgan fingerprint density at radius 1 is 1.20 bits per heavy atom. The van der Waals surface area contributed by atoms with E-state index < -0.39 is 6.10 Å². The Bertz CT molecular complexity index is 308. The molecular formula is C11H16O4. The van der Waals surface area contributed by atoms with Gasteiger partial charge in [-0.3, -0.25) is 0 Å². The molecule has 0 amide bonds. The van der Waals surface area contributed by atoms with E-state index in [4.69, 9.17) is 9.47 Å². The maximum absolute atomic E-state index is 9.63. The number of hydrogen-bond acceptors (Lipinski definition) is 4. The van der Waals surface area contributed by atoms with Gasteiger partial charge in [0.25, 0.3) is 0 Å². The molecule has 0 fully saturated rings. The van der Waals surface area contributed by atoms with E-state index in [1.165, 1.54) is 14.2 Å². The first-order chi connectivity index (χ1) is 7.08. The van der Waals surface area contributed by atoms with Crippen molar-refractivity contribution in [3.05, 3.63) is 17.7 Å². The lowest BCUT2D eigenvalue weighted by molar-refractivity contribution is 0.195. The molecule has 15 heavy (non-hydrogen) atoms. The molecule has 1 rings (SSSR count). The number of ether oxygens (including phenoxy) is 2. The zero-order valence-corrected chi connectivity index (χ0v) is 9.15. The maximum Gasteiger partial charge on any atom is 0.200 e. The molecule has 2 N–H and O–H groups in total. The monoisotopic (exact) mass is 212 g/mol. The minimum absolute atomic E-state index is 0.0191. The molecule has 0 radical (unpaired) electrons. The van der Waals surface area contributed by atoms with Gasteiger partial charge in [-0.1, -0.05) is 0 Å². The number of hydrogen-bond donors (Lipinski definition) is 2. The molecule has 0 aliphatic rings. The second kappa shape index (κ2) is 4.89. The largest absolute Gasteiger partial charge is 0.502 e. The molecule has 0 aromatic heterocycles. The minimum Gasteiger partial charge on any atom is -0.502 e. The Morgan fingerprint density at radius 3 is 2.00 bits per heavy atom. The number of phenols is 1. The molecule has 0 aliphatic carbocycles. The molecule has 0 saturated carbocycles. The van der Waals surface area contributed by atoms with Crippen molar-refractivity contribution in [2.45, 2.75) is 19.4 Å². The number of phenolic OH excluding ortho intramolecular Hbond substituents is 1. The molecule has 4 nitrogen and oxygen atoms in total. The molecule has 0 spiro atoms. The molecule has 0 aliphatic heterocycles. The minimum atomic E-state index is -0.441. The van der Waals surface area contributed by atoms with E-state index in [0.29, 0.717) is 17.9 Å². The van der Waals surface area contributed by atoms with Gasteiger partial charge < -0.3 is 19.7 Å². The van der Waals surface area contributed by atoms with Crippen LogP contribution in [0.4, 0.5) is 0 Å². The number of methoxy groups -OCH3 is 2. The Morgan fingerprint density at radius 2 is 1.67 bits per heavy atom. The highest BCUT2D eigenvalue weighted by Crippen LogP contribution is 2.37. The van der Waals surface area contributed by atoms with Crippen molar-refractivity contribution in [1.82, 2.24) is 0 Å². The predicted octanol–water partition coefficient (Wildman–Crippen LogP) is 1.33. The van der Waals surface area contributed by atoms with Crippen LogP contribution in [0.1, 0.15) is 12.5 Å². The second-order valence-electron chi connectivity index (χ2n) is 3.40. The molecule has 84 valence electrons. The van der Waals surface area contributed by atoms with Gasteiger partial charge in [0, 0.05) is 0 Å². The highest BCUT2D eigenvalue weighted by Gasteiger charge is 2.11. The molecule has 0 saturated heterocycles. The second-order valence-corrected chi connectivity index (χ2v) is 3.40. The first-order valence-corrected chi connectivity index (χ1v) is 4.70. The van der Waals surface area contributed by atoms with Crippen molar-refractivity contribution in [2.24, 2.45) is 0 Å². The zero-order chi connectivity index (χ0) is 11.4. The van der Waals surface area contributed by atoms with Crippen LogP contribution in [-0.2, 0) is 6.42 Å². The highest BCUT2D eigenvalue weighted by atomic mass is 16.5. The lowest BCUT2D eigenvalue weighted by Gasteiger charge is -2.12. The quantitative estimate of drug-likeness (QED) is 0.790. The van der Waals surface area contributed by atoms with Crippen LogP contribution in [-0.4, -0.2) is 30.5 Å². The third-order valence-electron chi connectivity index (χ3n) is 2.07. The van der Waals surface area contributed by atoms with Gasteiger partial charge in [-0.15, -0.1) is 0 Å². The summed E-state index contributed by atoms with van der Waals surface area (Å²) >= 11 is 0.